The minimum absolute atomic E-state index is 0.133. The van der Waals surface area contributed by atoms with Crippen LogP contribution in [0.5, 0.6) is 10.8 Å². The molecule has 2 rings (SSSR count). The van der Waals surface area contributed by atoms with Gasteiger partial charge in [-0.25, -0.2) is 0 Å². The summed E-state index contributed by atoms with van der Waals surface area (Å²) in [5.74, 6) is 0.521. The molecule has 1 atom stereocenters. The smallest absolute Gasteiger partial charge is 0.323 e. The summed E-state index contributed by atoms with van der Waals surface area (Å²) in [6.45, 7) is 3.46. The van der Waals surface area contributed by atoms with Crippen molar-refractivity contribution in [1.82, 2.24) is 0 Å². The Morgan fingerprint density at radius 2 is 2.15 bits per heavy atom. The van der Waals surface area contributed by atoms with Gasteiger partial charge in [-0.3, -0.25) is 10.1 Å². The van der Waals surface area contributed by atoms with Crippen molar-refractivity contribution in [3.05, 3.63) is 49.3 Å². The number of hydrogen-bond acceptors (Lipinski definition) is 5. The molecule has 1 aromatic heterocycles. The molecule has 2 aromatic rings. The second kappa shape index (κ2) is 5.90. The largest absolute Gasteiger partial charge is 0.440 e. The fourth-order valence-electron chi connectivity index (χ4n) is 1.58. The van der Waals surface area contributed by atoms with Gasteiger partial charge in [-0.15, -0.1) is 0 Å². The Morgan fingerprint density at radius 3 is 2.70 bits per heavy atom. The summed E-state index contributed by atoms with van der Waals surface area (Å²) in [5.41, 5.74) is 0.837. The standard InChI is InChI=1S/C13H12BrNO4S/c1-7-5-9(3-4-10(7)14)19-13-11(15(17)18)6-12(20-13)8(2)16/h3-6,8,16H,1-2H3/t8-/m0/s1. The number of aliphatic hydroxyl groups is 1. The van der Waals surface area contributed by atoms with Gasteiger partial charge in [0.2, 0.25) is 0 Å². The third-order valence-corrected chi connectivity index (χ3v) is 4.71. The lowest BCUT2D eigenvalue weighted by atomic mass is 10.2. The second-order valence-corrected chi connectivity index (χ2v) is 6.17. The van der Waals surface area contributed by atoms with Crippen LogP contribution in [0.25, 0.3) is 0 Å². The van der Waals surface area contributed by atoms with Crippen LogP contribution in [0.1, 0.15) is 23.5 Å². The van der Waals surface area contributed by atoms with Gasteiger partial charge < -0.3 is 9.84 Å². The Balaban J connectivity index is 2.36. The molecule has 20 heavy (non-hydrogen) atoms. The SMILES string of the molecule is Cc1cc(Oc2sc([C@H](C)O)cc2[N+](=O)[O-])ccc1Br. The molecule has 0 aliphatic carbocycles. The molecule has 0 aliphatic rings. The van der Waals surface area contributed by atoms with Crippen molar-refractivity contribution >= 4 is 33.0 Å². The number of ether oxygens (including phenoxy) is 1. The van der Waals surface area contributed by atoms with Crippen LogP contribution in [-0.4, -0.2) is 10.0 Å². The van der Waals surface area contributed by atoms with E-state index >= 15 is 0 Å². The Kier molecular flexibility index (Phi) is 4.42. The predicted octanol–water partition coefficient (Wildman–Crippen LogP) is 4.57. The lowest BCUT2D eigenvalue weighted by Gasteiger charge is -2.05. The molecule has 0 spiro atoms. The van der Waals surface area contributed by atoms with E-state index in [-0.39, 0.29) is 10.8 Å². The molecule has 0 saturated heterocycles. The Morgan fingerprint density at radius 1 is 1.45 bits per heavy atom. The van der Waals surface area contributed by atoms with Gasteiger partial charge in [0.25, 0.3) is 5.06 Å². The van der Waals surface area contributed by atoms with Crippen LogP contribution in [0.4, 0.5) is 5.69 Å². The molecule has 0 amide bonds. The maximum Gasteiger partial charge on any atom is 0.323 e. The molecule has 1 N–H and O–H groups in total. The third kappa shape index (κ3) is 3.17. The molecule has 5 nitrogen and oxygen atoms in total. The maximum atomic E-state index is 11.0. The third-order valence-electron chi connectivity index (χ3n) is 2.65. The number of hydrogen-bond donors (Lipinski definition) is 1. The second-order valence-electron chi connectivity index (χ2n) is 4.27. The summed E-state index contributed by atoms with van der Waals surface area (Å²) in [6, 6.07) is 6.67. The highest BCUT2D eigenvalue weighted by Gasteiger charge is 2.23. The van der Waals surface area contributed by atoms with Gasteiger partial charge in [0.05, 0.1) is 11.0 Å². The van der Waals surface area contributed by atoms with Gasteiger partial charge in [0, 0.05) is 15.4 Å². The average Bonchev–Trinajstić information content (AvgIpc) is 2.78. The summed E-state index contributed by atoms with van der Waals surface area (Å²) in [6.07, 6.45) is -0.761. The quantitative estimate of drug-likeness (QED) is 0.642. The monoisotopic (exact) mass is 357 g/mol. The number of rotatable bonds is 4. The Labute approximate surface area is 128 Å². The first-order valence-electron chi connectivity index (χ1n) is 5.78. The molecule has 0 bridgehead atoms. The molecular formula is C13H12BrNO4S. The van der Waals surface area contributed by atoms with Crippen molar-refractivity contribution in [2.24, 2.45) is 0 Å². The number of nitrogens with zero attached hydrogens (tertiary/aromatic N) is 1. The van der Waals surface area contributed by atoms with E-state index < -0.39 is 11.0 Å². The first-order valence-corrected chi connectivity index (χ1v) is 7.39. The van der Waals surface area contributed by atoms with Crippen molar-refractivity contribution in [3.8, 4) is 10.8 Å². The van der Waals surface area contributed by atoms with Gasteiger partial charge >= 0.3 is 5.69 Å². The Hall–Kier alpha value is -1.44. The maximum absolute atomic E-state index is 11.0. The zero-order valence-electron chi connectivity index (χ0n) is 10.8. The number of benzene rings is 1. The highest BCUT2D eigenvalue weighted by atomic mass is 79.9. The first-order chi connectivity index (χ1) is 9.38. The molecule has 1 heterocycles. The van der Waals surface area contributed by atoms with E-state index in [2.05, 4.69) is 15.9 Å². The van der Waals surface area contributed by atoms with Crippen molar-refractivity contribution in [2.75, 3.05) is 0 Å². The predicted molar refractivity (Wildman–Crippen MR) is 80.6 cm³/mol. The van der Waals surface area contributed by atoms with Gasteiger partial charge in [0.15, 0.2) is 0 Å². The molecule has 0 fully saturated rings. The molecule has 106 valence electrons. The van der Waals surface area contributed by atoms with Crippen LogP contribution >= 0.6 is 27.3 Å². The van der Waals surface area contributed by atoms with E-state index in [4.69, 9.17) is 4.74 Å². The lowest BCUT2D eigenvalue weighted by molar-refractivity contribution is -0.385. The highest BCUT2D eigenvalue weighted by Crippen LogP contribution is 2.42. The number of nitro groups is 1. The van der Waals surface area contributed by atoms with Gasteiger partial charge in [-0.2, -0.15) is 0 Å². The molecule has 0 radical (unpaired) electrons. The van der Waals surface area contributed by atoms with Crippen LogP contribution in [0, 0.1) is 17.0 Å². The van der Waals surface area contributed by atoms with E-state index in [1.165, 1.54) is 6.07 Å². The lowest BCUT2D eigenvalue weighted by Crippen LogP contribution is -1.90. The Bertz CT molecular complexity index is 654. The molecule has 7 heteroatoms. The van der Waals surface area contributed by atoms with E-state index in [0.717, 1.165) is 21.4 Å². The molecule has 0 saturated carbocycles. The summed E-state index contributed by atoms with van der Waals surface area (Å²) in [7, 11) is 0. The molecule has 0 unspecified atom stereocenters. The summed E-state index contributed by atoms with van der Waals surface area (Å²) < 4.78 is 6.52. The minimum Gasteiger partial charge on any atom is -0.440 e. The van der Waals surface area contributed by atoms with Gasteiger partial charge in [-0.05, 0) is 37.6 Å². The van der Waals surface area contributed by atoms with E-state index in [0.29, 0.717) is 10.6 Å². The zero-order valence-corrected chi connectivity index (χ0v) is 13.2. The number of aliphatic hydroxyl groups excluding tert-OH is 1. The first kappa shape index (κ1) is 15.0. The minimum atomic E-state index is -0.761. The van der Waals surface area contributed by atoms with Crippen LogP contribution in [0.2, 0.25) is 0 Å². The molecular weight excluding hydrogens is 346 g/mol. The topological polar surface area (TPSA) is 72.6 Å². The number of thiophene rings is 1. The average molecular weight is 358 g/mol. The molecule has 1 aromatic carbocycles. The van der Waals surface area contributed by atoms with Crippen molar-refractivity contribution in [3.63, 3.8) is 0 Å². The molecule has 0 aliphatic heterocycles. The highest BCUT2D eigenvalue weighted by molar-refractivity contribution is 9.10. The number of halogens is 1. The van der Waals surface area contributed by atoms with Crippen LogP contribution in [0.3, 0.4) is 0 Å². The van der Waals surface area contributed by atoms with E-state index in [9.17, 15) is 15.2 Å². The fourth-order valence-corrected chi connectivity index (χ4v) is 2.75. The summed E-state index contributed by atoms with van der Waals surface area (Å²) in [5, 5.41) is 20.7. The van der Waals surface area contributed by atoms with Gasteiger partial charge in [0.1, 0.15) is 5.75 Å². The van der Waals surface area contributed by atoms with Crippen molar-refractivity contribution < 1.29 is 14.8 Å². The number of aryl methyl sites for hydroxylation is 1. The summed E-state index contributed by atoms with van der Waals surface area (Å²) >= 11 is 4.46. The van der Waals surface area contributed by atoms with Crippen LogP contribution < -0.4 is 4.74 Å². The van der Waals surface area contributed by atoms with Gasteiger partial charge in [-0.1, -0.05) is 27.3 Å². The zero-order chi connectivity index (χ0) is 14.9. The van der Waals surface area contributed by atoms with Crippen LogP contribution in [-0.2, 0) is 0 Å². The van der Waals surface area contributed by atoms with Crippen molar-refractivity contribution in [2.45, 2.75) is 20.0 Å². The van der Waals surface area contributed by atoms with Crippen LogP contribution in [0.15, 0.2) is 28.7 Å². The van der Waals surface area contributed by atoms with E-state index in [1.807, 2.05) is 13.0 Å². The van der Waals surface area contributed by atoms with E-state index in [1.54, 1.807) is 19.1 Å². The van der Waals surface area contributed by atoms with Crippen molar-refractivity contribution in [1.29, 1.82) is 0 Å². The fraction of sp³-hybridized carbons (Fsp3) is 0.231. The summed E-state index contributed by atoms with van der Waals surface area (Å²) in [4.78, 5) is 11.0. The normalized spacial score (nSPS) is 12.2.